The van der Waals surface area contributed by atoms with Crippen LogP contribution in [-0.4, -0.2) is 66.0 Å². The molecular formula is C21H21ClF3N5O2S. The molecule has 1 amide bonds. The Labute approximate surface area is 199 Å². The molecule has 1 aromatic heterocycles. The molecule has 12 heteroatoms. The number of carbonyl (C=O) groups excluding carboxylic acids is 1. The summed E-state index contributed by atoms with van der Waals surface area (Å²) in [5, 5.41) is 2.64. The van der Waals surface area contributed by atoms with E-state index in [1.54, 1.807) is 30.0 Å². The maximum Gasteiger partial charge on any atom is 0.487 e. The van der Waals surface area contributed by atoms with Gasteiger partial charge in [0.15, 0.2) is 0 Å². The Bertz CT molecular complexity index is 1050. The lowest BCUT2D eigenvalue weighted by atomic mass is 10.1. The van der Waals surface area contributed by atoms with Crippen LogP contribution in [0.5, 0.6) is 5.75 Å². The van der Waals surface area contributed by atoms with Crippen LogP contribution in [0, 0.1) is 0 Å². The van der Waals surface area contributed by atoms with Crippen molar-refractivity contribution in [3.63, 3.8) is 0 Å². The number of halogens is 4. The van der Waals surface area contributed by atoms with Crippen LogP contribution in [0.25, 0.3) is 0 Å². The third-order valence-electron chi connectivity index (χ3n) is 4.54. The first-order valence-corrected chi connectivity index (χ1v) is 10.6. The lowest BCUT2D eigenvalue weighted by Gasteiger charge is -2.20. The van der Waals surface area contributed by atoms with Crippen molar-refractivity contribution in [2.75, 3.05) is 37.4 Å². The van der Waals surface area contributed by atoms with Crippen molar-refractivity contribution < 1.29 is 22.7 Å². The van der Waals surface area contributed by atoms with Crippen molar-refractivity contribution in [3.05, 3.63) is 47.7 Å². The van der Waals surface area contributed by atoms with Crippen molar-refractivity contribution in [1.29, 1.82) is 0 Å². The molecule has 0 spiro atoms. The molecule has 1 N–H and O–H groups in total. The molecule has 0 saturated carbocycles. The van der Waals surface area contributed by atoms with Gasteiger partial charge in [-0.3, -0.25) is 4.79 Å². The molecule has 1 atom stereocenters. The Hall–Kier alpha value is -2.92. The molecule has 2 heterocycles. The summed E-state index contributed by atoms with van der Waals surface area (Å²) in [5.41, 5.74) is -2.87. The molecule has 0 aliphatic carbocycles. The number of benzene rings is 1. The molecule has 0 radical (unpaired) electrons. The molecule has 1 aliphatic heterocycles. The number of ether oxygens (including phenoxy) is 1. The van der Waals surface area contributed by atoms with Crippen molar-refractivity contribution >= 4 is 52.6 Å². The number of alkyl halides is 4. The fourth-order valence-corrected chi connectivity index (χ4v) is 3.37. The molecule has 176 valence electrons. The number of aliphatic imine (C=N–C) groups is 1. The van der Waals surface area contributed by atoms with Gasteiger partial charge >= 0.3 is 5.57 Å². The number of amides is 1. The van der Waals surface area contributed by atoms with Gasteiger partial charge in [0.1, 0.15) is 22.7 Å². The summed E-state index contributed by atoms with van der Waals surface area (Å²) in [6.07, 6.45) is 2.30. The Morgan fingerprint density at radius 3 is 2.67 bits per heavy atom. The van der Waals surface area contributed by atoms with Crippen LogP contribution in [-0.2, 0) is 0 Å². The van der Waals surface area contributed by atoms with E-state index in [-0.39, 0.29) is 22.8 Å². The maximum absolute atomic E-state index is 13.8. The van der Waals surface area contributed by atoms with Gasteiger partial charge in [-0.1, -0.05) is 12.2 Å². The largest absolute Gasteiger partial charge is 0.487 e. The topological polar surface area (TPSA) is 70.1 Å². The van der Waals surface area contributed by atoms with Crippen molar-refractivity contribution in [3.8, 4) is 5.75 Å². The highest BCUT2D eigenvalue weighted by molar-refractivity contribution is 7.80. The second-order valence-corrected chi connectivity index (χ2v) is 8.29. The summed E-state index contributed by atoms with van der Waals surface area (Å²) >= 11 is 10.2. The number of nitrogens with zero attached hydrogens (tertiary/aromatic N) is 4. The number of aromatic nitrogens is 1. The standard InChI is InChI=1S/C21H21ClF3N5O2S/c1-29(2)12-27-20(33)17-9-13(10-26-18(17)30-8-7-14(23)11-30)19(31)28-15-3-5-16(6-4-15)32-21(22,24)25/h3-6,9-10,12,14H,7-8,11H2,1-2H3,(H,28,31)/t14-/m1/s1. The molecule has 1 fully saturated rings. The Balaban J connectivity index is 1.82. The van der Waals surface area contributed by atoms with E-state index in [9.17, 15) is 18.0 Å². The van der Waals surface area contributed by atoms with Gasteiger partial charge in [-0.15, -0.1) is 8.78 Å². The molecular weight excluding hydrogens is 479 g/mol. The van der Waals surface area contributed by atoms with E-state index in [2.05, 4.69) is 20.0 Å². The minimum absolute atomic E-state index is 0.165. The first kappa shape index (κ1) is 24.7. The summed E-state index contributed by atoms with van der Waals surface area (Å²) < 4.78 is 43.5. The van der Waals surface area contributed by atoms with Gasteiger partial charge in [0.2, 0.25) is 0 Å². The molecule has 0 bridgehead atoms. The Morgan fingerprint density at radius 2 is 2.09 bits per heavy atom. The minimum Gasteiger partial charge on any atom is -0.420 e. The summed E-state index contributed by atoms with van der Waals surface area (Å²) in [7, 11) is 3.57. The first-order chi connectivity index (χ1) is 15.5. The van der Waals surface area contributed by atoms with Gasteiger partial charge < -0.3 is 19.9 Å². The smallest absolute Gasteiger partial charge is 0.420 e. The highest BCUT2D eigenvalue weighted by Crippen LogP contribution is 2.27. The van der Waals surface area contributed by atoms with E-state index in [4.69, 9.17) is 23.8 Å². The van der Waals surface area contributed by atoms with E-state index in [0.29, 0.717) is 30.0 Å². The lowest BCUT2D eigenvalue weighted by molar-refractivity contribution is -0.0964. The van der Waals surface area contributed by atoms with E-state index in [0.717, 1.165) is 0 Å². The van der Waals surface area contributed by atoms with Crippen molar-refractivity contribution in [2.45, 2.75) is 18.2 Å². The molecule has 1 aromatic carbocycles. The van der Waals surface area contributed by atoms with Gasteiger partial charge in [-0.05, 0) is 36.8 Å². The molecule has 2 aromatic rings. The van der Waals surface area contributed by atoms with E-state index < -0.39 is 17.6 Å². The number of pyridine rings is 1. The minimum atomic E-state index is -3.83. The highest BCUT2D eigenvalue weighted by atomic mass is 35.5. The quantitative estimate of drug-likeness (QED) is 0.265. The lowest BCUT2D eigenvalue weighted by Crippen LogP contribution is -2.24. The molecule has 7 nitrogen and oxygen atoms in total. The maximum atomic E-state index is 13.8. The van der Waals surface area contributed by atoms with Crippen LogP contribution in [0.4, 0.5) is 24.7 Å². The third kappa shape index (κ3) is 7.03. The van der Waals surface area contributed by atoms with E-state index >= 15 is 0 Å². The average Bonchev–Trinajstić information content (AvgIpc) is 3.18. The number of anilines is 2. The number of nitrogens with one attached hydrogen (secondary N) is 1. The second-order valence-electron chi connectivity index (χ2n) is 7.47. The van der Waals surface area contributed by atoms with Crippen LogP contribution < -0.4 is 15.0 Å². The van der Waals surface area contributed by atoms with Crippen molar-refractivity contribution in [2.24, 2.45) is 4.99 Å². The summed E-state index contributed by atoms with van der Waals surface area (Å²) in [5.74, 6) is -0.214. The van der Waals surface area contributed by atoms with Gasteiger partial charge in [-0.25, -0.2) is 14.4 Å². The van der Waals surface area contributed by atoms with Crippen LogP contribution in [0.1, 0.15) is 22.3 Å². The monoisotopic (exact) mass is 499 g/mol. The third-order valence-corrected chi connectivity index (χ3v) is 4.94. The normalized spacial score (nSPS) is 16.2. The molecule has 1 aliphatic rings. The number of carbonyl (C=O) groups is 1. The van der Waals surface area contributed by atoms with Gasteiger partial charge in [0.05, 0.1) is 24.0 Å². The van der Waals surface area contributed by atoms with Gasteiger partial charge in [-0.2, -0.15) is 0 Å². The number of rotatable bonds is 7. The van der Waals surface area contributed by atoms with Crippen LogP contribution in [0.2, 0.25) is 0 Å². The fraction of sp³-hybridized carbons (Fsp3) is 0.333. The summed E-state index contributed by atoms with van der Waals surface area (Å²) in [4.78, 5) is 25.0. The zero-order valence-corrected chi connectivity index (χ0v) is 19.3. The summed E-state index contributed by atoms with van der Waals surface area (Å²) in [6.45, 7) is 0.657. The molecule has 3 rings (SSSR count). The Morgan fingerprint density at radius 1 is 1.39 bits per heavy atom. The number of thiocarbonyl (C=S) groups is 1. The first-order valence-electron chi connectivity index (χ1n) is 9.83. The second kappa shape index (κ2) is 10.3. The van der Waals surface area contributed by atoms with Gasteiger partial charge in [0, 0.05) is 44.1 Å². The SMILES string of the molecule is CN(C)C=NC(=S)c1cc(C(=O)Nc2ccc(OC(F)(F)Cl)cc2)cnc1N1CC[C@@H](F)C1. The molecule has 33 heavy (non-hydrogen) atoms. The predicted octanol–water partition coefficient (Wildman–Crippen LogP) is 4.32. The zero-order chi connectivity index (χ0) is 24.2. The summed E-state index contributed by atoms with van der Waals surface area (Å²) in [6, 6.07) is 6.80. The number of hydrogen-bond donors (Lipinski definition) is 1. The van der Waals surface area contributed by atoms with E-state index in [1.807, 2.05) is 0 Å². The number of hydrogen-bond acceptors (Lipinski definition) is 5. The Kier molecular flexibility index (Phi) is 7.75. The molecule has 1 saturated heterocycles. The predicted molar refractivity (Wildman–Crippen MR) is 126 cm³/mol. The zero-order valence-electron chi connectivity index (χ0n) is 17.8. The van der Waals surface area contributed by atoms with E-state index in [1.165, 1.54) is 36.8 Å². The highest BCUT2D eigenvalue weighted by Gasteiger charge is 2.28. The van der Waals surface area contributed by atoms with Crippen LogP contribution in [0.15, 0.2) is 41.5 Å². The molecule has 0 unspecified atom stereocenters. The average molecular weight is 500 g/mol. The van der Waals surface area contributed by atoms with Crippen LogP contribution >= 0.6 is 23.8 Å². The van der Waals surface area contributed by atoms with Crippen molar-refractivity contribution in [1.82, 2.24) is 9.88 Å². The van der Waals surface area contributed by atoms with Gasteiger partial charge in [0.25, 0.3) is 5.91 Å². The van der Waals surface area contributed by atoms with Crippen LogP contribution in [0.3, 0.4) is 0 Å². The fourth-order valence-electron chi connectivity index (χ4n) is 3.08.